The van der Waals surface area contributed by atoms with Crippen LogP contribution in [-0.2, 0) is 16.0 Å². The summed E-state index contributed by atoms with van der Waals surface area (Å²) in [7, 11) is 0. The molecule has 6 heteroatoms. The van der Waals surface area contributed by atoms with Crippen molar-refractivity contribution in [2.75, 3.05) is 11.9 Å². The van der Waals surface area contributed by atoms with Crippen molar-refractivity contribution in [3.8, 4) is 0 Å². The van der Waals surface area contributed by atoms with E-state index in [-0.39, 0.29) is 24.2 Å². The molecule has 0 aromatic heterocycles. The highest BCUT2D eigenvalue weighted by atomic mass is 35.5. The number of rotatable bonds is 9. The quantitative estimate of drug-likeness (QED) is 0.636. The van der Waals surface area contributed by atoms with Crippen molar-refractivity contribution in [3.05, 3.63) is 29.8 Å². The van der Waals surface area contributed by atoms with Gasteiger partial charge in [-0.2, -0.15) is 0 Å². The third-order valence-electron chi connectivity index (χ3n) is 3.58. The summed E-state index contributed by atoms with van der Waals surface area (Å²) in [6, 6.07) is 7.08. The molecule has 0 unspecified atom stereocenters. The Morgan fingerprint density at radius 3 is 2.46 bits per heavy atom. The van der Waals surface area contributed by atoms with Gasteiger partial charge in [0.2, 0.25) is 11.8 Å². The van der Waals surface area contributed by atoms with E-state index in [1.54, 1.807) is 6.92 Å². The number of hydrogen-bond acceptors (Lipinski definition) is 3. The summed E-state index contributed by atoms with van der Waals surface area (Å²) in [4.78, 5) is 23.5. The molecule has 0 radical (unpaired) electrons. The number of halogens is 1. The second kappa shape index (κ2) is 11.9. The van der Waals surface area contributed by atoms with Gasteiger partial charge in [0, 0.05) is 18.7 Å². The maximum Gasteiger partial charge on any atom is 0.241 e. The summed E-state index contributed by atoms with van der Waals surface area (Å²) in [5.74, 6) is 0.474. The zero-order valence-electron chi connectivity index (χ0n) is 14.8. The number of para-hydroxylation sites is 1. The van der Waals surface area contributed by atoms with Crippen molar-refractivity contribution in [2.24, 2.45) is 11.7 Å². The standard InChI is InChI=1S/C18H29N3O2.ClH/c1-13(2)11-12-20-17(22)10-6-8-15-7-4-5-9-16(15)21-18(23)14(3)19;/h4-5,7,9,13-14H,6,8,10-12,19H2,1-3H3,(H,20,22)(H,21,23);1H/t14-;/m1./s1. The third-order valence-corrected chi connectivity index (χ3v) is 3.58. The number of amides is 2. The Balaban J connectivity index is 0.00000529. The predicted molar refractivity (Wildman–Crippen MR) is 101 cm³/mol. The lowest BCUT2D eigenvalue weighted by molar-refractivity contribution is -0.121. The average Bonchev–Trinajstić information content (AvgIpc) is 2.48. The molecule has 5 nitrogen and oxygen atoms in total. The second-order valence-electron chi connectivity index (χ2n) is 6.32. The van der Waals surface area contributed by atoms with Gasteiger partial charge in [0.05, 0.1) is 6.04 Å². The van der Waals surface area contributed by atoms with Crippen LogP contribution < -0.4 is 16.4 Å². The largest absolute Gasteiger partial charge is 0.356 e. The third kappa shape index (κ3) is 8.89. The predicted octanol–water partition coefficient (Wildman–Crippen LogP) is 2.88. The van der Waals surface area contributed by atoms with Crippen molar-refractivity contribution in [2.45, 2.75) is 52.5 Å². The van der Waals surface area contributed by atoms with Crippen molar-refractivity contribution >= 4 is 29.9 Å². The van der Waals surface area contributed by atoms with E-state index >= 15 is 0 Å². The van der Waals surface area contributed by atoms with Crippen LogP contribution in [0, 0.1) is 5.92 Å². The van der Waals surface area contributed by atoms with Crippen LogP contribution >= 0.6 is 12.4 Å². The normalized spacial score (nSPS) is 11.5. The maximum absolute atomic E-state index is 11.8. The molecule has 136 valence electrons. The Labute approximate surface area is 151 Å². The van der Waals surface area contributed by atoms with E-state index < -0.39 is 6.04 Å². The molecule has 1 aromatic rings. The Morgan fingerprint density at radius 1 is 1.17 bits per heavy atom. The average molecular weight is 356 g/mol. The number of aryl methyl sites for hydroxylation is 1. The molecular formula is C18H30ClN3O2. The second-order valence-corrected chi connectivity index (χ2v) is 6.32. The smallest absolute Gasteiger partial charge is 0.241 e. The molecule has 0 aliphatic heterocycles. The molecule has 0 aliphatic carbocycles. The summed E-state index contributed by atoms with van der Waals surface area (Å²) in [5.41, 5.74) is 7.37. The van der Waals surface area contributed by atoms with Gasteiger partial charge in [0.15, 0.2) is 0 Å². The lowest BCUT2D eigenvalue weighted by Gasteiger charge is -2.12. The number of anilines is 1. The zero-order chi connectivity index (χ0) is 17.2. The number of nitrogens with two attached hydrogens (primary N) is 1. The molecular weight excluding hydrogens is 326 g/mol. The molecule has 0 saturated carbocycles. The van der Waals surface area contributed by atoms with Gasteiger partial charge in [-0.15, -0.1) is 12.4 Å². The van der Waals surface area contributed by atoms with Crippen LogP contribution in [0.1, 0.15) is 45.6 Å². The van der Waals surface area contributed by atoms with E-state index in [1.165, 1.54) is 0 Å². The fourth-order valence-electron chi connectivity index (χ4n) is 2.13. The highest BCUT2D eigenvalue weighted by molar-refractivity contribution is 5.95. The van der Waals surface area contributed by atoms with E-state index in [0.29, 0.717) is 12.3 Å². The molecule has 0 heterocycles. The summed E-state index contributed by atoms with van der Waals surface area (Å²) >= 11 is 0. The summed E-state index contributed by atoms with van der Waals surface area (Å²) in [5, 5.41) is 5.77. The van der Waals surface area contributed by atoms with Crippen LogP contribution in [0.3, 0.4) is 0 Å². The van der Waals surface area contributed by atoms with Crippen LogP contribution in [0.15, 0.2) is 24.3 Å². The Kier molecular flexibility index (Phi) is 11.1. The molecule has 0 fully saturated rings. The van der Waals surface area contributed by atoms with E-state index in [1.807, 2.05) is 24.3 Å². The Morgan fingerprint density at radius 2 is 1.83 bits per heavy atom. The first-order valence-corrected chi connectivity index (χ1v) is 8.31. The van der Waals surface area contributed by atoms with Crippen LogP contribution in [0.25, 0.3) is 0 Å². The van der Waals surface area contributed by atoms with E-state index in [4.69, 9.17) is 5.73 Å². The first-order chi connectivity index (χ1) is 10.9. The van der Waals surface area contributed by atoms with E-state index in [0.717, 1.165) is 37.1 Å². The molecule has 24 heavy (non-hydrogen) atoms. The first-order valence-electron chi connectivity index (χ1n) is 8.31. The molecule has 0 saturated heterocycles. The number of hydrogen-bond donors (Lipinski definition) is 3. The van der Waals surface area contributed by atoms with Crippen LogP contribution in [-0.4, -0.2) is 24.4 Å². The number of nitrogens with one attached hydrogen (secondary N) is 2. The van der Waals surface area contributed by atoms with Crippen LogP contribution in [0.4, 0.5) is 5.69 Å². The molecule has 0 spiro atoms. The zero-order valence-corrected chi connectivity index (χ0v) is 15.6. The van der Waals surface area contributed by atoms with Crippen molar-refractivity contribution in [1.82, 2.24) is 5.32 Å². The van der Waals surface area contributed by atoms with Crippen molar-refractivity contribution in [3.63, 3.8) is 0 Å². The van der Waals surface area contributed by atoms with Gasteiger partial charge >= 0.3 is 0 Å². The lowest BCUT2D eigenvalue weighted by Crippen LogP contribution is -2.32. The number of carbonyl (C=O) groups excluding carboxylic acids is 2. The topological polar surface area (TPSA) is 84.2 Å². The minimum atomic E-state index is -0.546. The molecule has 0 bridgehead atoms. The summed E-state index contributed by atoms with van der Waals surface area (Å²) < 4.78 is 0. The number of carbonyl (C=O) groups is 2. The molecule has 4 N–H and O–H groups in total. The van der Waals surface area contributed by atoms with E-state index in [9.17, 15) is 9.59 Å². The van der Waals surface area contributed by atoms with Gasteiger partial charge in [-0.25, -0.2) is 0 Å². The minimum absolute atomic E-state index is 0. The monoisotopic (exact) mass is 355 g/mol. The molecule has 1 rings (SSSR count). The number of benzene rings is 1. The molecule has 1 atom stereocenters. The Hall–Kier alpha value is -1.59. The van der Waals surface area contributed by atoms with E-state index in [2.05, 4.69) is 24.5 Å². The van der Waals surface area contributed by atoms with Gasteiger partial charge in [0.25, 0.3) is 0 Å². The van der Waals surface area contributed by atoms with Crippen molar-refractivity contribution < 1.29 is 9.59 Å². The molecule has 1 aromatic carbocycles. The van der Waals surface area contributed by atoms with Gasteiger partial charge in [-0.1, -0.05) is 32.0 Å². The van der Waals surface area contributed by atoms with Gasteiger partial charge in [-0.3, -0.25) is 9.59 Å². The van der Waals surface area contributed by atoms with Crippen LogP contribution in [0.5, 0.6) is 0 Å². The SMILES string of the molecule is CC(C)CCNC(=O)CCCc1ccccc1NC(=O)[C@@H](C)N.Cl. The Bertz CT molecular complexity index is 519. The lowest BCUT2D eigenvalue weighted by atomic mass is 10.1. The maximum atomic E-state index is 11.8. The summed E-state index contributed by atoms with van der Waals surface area (Å²) in [6.45, 7) is 6.66. The highest BCUT2D eigenvalue weighted by Gasteiger charge is 2.10. The fraction of sp³-hybridized carbons (Fsp3) is 0.556. The van der Waals surface area contributed by atoms with Gasteiger partial charge in [0.1, 0.15) is 0 Å². The van der Waals surface area contributed by atoms with Gasteiger partial charge < -0.3 is 16.4 Å². The molecule has 2 amide bonds. The minimum Gasteiger partial charge on any atom is -0.356 e. The van der Waals surface area contributed by atoms with Crippen molar-refractivity contribution in [1.29, 1.82) is 0 Å². The molecule has 0 aliphatic rings. The first kappa shape index (κ1) is 22.4. The fourth-order valence-corrected chi connectivity index (χ4v) is 2.13. The summed E-state index contributed by atoms with van der Waals surface area (Å²) in [6.07, 6.45) is 2.98. The van der Waals surface area contributed by atoms with Crippen LogP contribution in [0.2, 0.25) is 0 Å². The highest BCUT2D eigenvalue weighted by Crippen LogP contribution is 2.17. The van der Waals surface area contributed by atoms with Gasteiger partial charge in [-0.05, 0) is 43.7 Å².